The summed E-state index contributed by atoms with van der Waals surface area (Å²) in [7, 11) is 0. The average Bonchev–Trinajstić information content (AvgIpc) is 2.61. The van der Waals surface area contributed by atoms with Crippen molar-refractivity contribution in [3.05, 3.63) is 0 Å². The van der Waals surface area contributed by atoms with E-state index in [1.807, 2.05) is 0 Å². The Hall–Kier alpha value is -0.650. The molecule has 0 saturated carbocycles. The first-order valence-corrected chi connectivity index (χ1v) is 7.56. The van der Waals surface area contributed by atoms with E-state index in [4.69, 9.17) is 10.5 Å². The molecule has 0 aliphatic carbocycles. The first-order valence-electron chi connectivity index (χ1n) is 7.56. The monoisotopic (exact) mass is 269 g/mol. The normalized spacial score (nSPS) is 30.7. The molecule has 1 amide bonds. The number of hydrogen-bond donors (Lipinski definition) is 2. The van der Waals surface area contributed by atoms with E-state index < -0.39 is 0 Å². The van der Waals surface area contributed by atoms with Crippen LogP contribution in [0.4, 0.5) is 0 Å². The second-order valence-corrected chi connectivity index (χ2v) is 5.76. The lowest BCUT2D eigenvalue weighted by Gasteiger charge is -2.39. The van der Waals surface area contributed by atoms with Crippen molar-refractivity contribution in [3.63, 3.8) is 0 Å². The van der Waals surface area contributed by atoms with Crippen LogP contribution >= 0.6 is 0 Å². The topological polar surface area (TPSA) is 67.6 Å². The predicted octanol–water partition coefficient (Wildman–Crippen LogP) is 0.483. The molecule has 0 aromatic heterocycles. The van der Waals surface area contributed by atoms with Gasteiger partial charge in [0.2, 0.25) is 5.91 Å². The van der Waals surface area contributed by atoms with E-state index in [1.165, 1.54) is 32.1 Å². The molecule has 2 rings (SSSR count). The number of carbonyl (C=O) groups excluding carboxylic acids is 1. The summed E-state index contributed by atoms with van der Waals surface area (Å²) < 4.78 is 5.28. The first-order chi connectivity index (χ1) is 9.20. The molecule has 0 aromatic carbocycles. The van der Waals surface area contributed by atoms with Crippen LogP contribution in [0.1, 0.15) is 39.0 Å². The van der Waals surface area contributed by atoms with Crippen LogP contribution in [-0.2, 0) is 9.53 Å². The van der Waals surface area contributed by atoms with Crippen LogP contribution in [0.15, 0.2) is 0 Å². The lowest BCUT2D eigenvalue weighted by Crippen LogP contribution is -2.50. The fourth-order valence-corrected chi connectivity index (χ4v) is 3.50. The minimum Gasteiger partial charge on any atom is -0.370 e. The van der Waals surface area contributed by atoms with Gasteiger partial charge < -0.3 is 15.8 Å². The van der Waals surface area contributed by atoms with Gasteiger partial charge >= 0.3 is 0 Å². The smallest absolute Gasteiger partial charge is 0.243 e. The number of carbonyl (C=O) groups is 1. The van der Waals surface area contributed by atoms with E-state index in [2.05, 4.69) is 17.1 Å². The SMILES string of the molecule is CCCNC1CC2CCC(C1)N2CCOCC(N)=O. The van der Waals surface area contributed by atoms with Crippen LogP contribution < -0.4 is 11.1 Å². The number of ether oxygens (including phenoxy) is 1. The zero-order valence-electron chi connectivity index (χ0n) is 11.9. The Bertz CT molecular complexity index is 284. The highest BCUT2D eigenvalue weighted by Gasteiger charge is 2.39. The van der Waals surface area contributed by atoms with Crippen molar-refractivity contribution in [2.24, 2.45) is 5.73 Å². The third-order valence-electron chi connectivity index (χ3n) is 4.31. The van der Waals surface area contributed by atoms with Gasteiger partial charge in [-0.05, 0) is 38.6 Å². The molecule has 5 nitrogen and oxygen atoms in total. The van der Waals surface area contributed by atoms with E-state index in [0.717, 1.165) is 13.1 Å². The highest BCUT2D eigenvalue weighted by atomic mass is 16.5. The number of piperidine rings is 1. The number of amides is 1. The maximum absolute atomic E-state index is 10.6. The number of nitrogens with two attached hydrogens (primary N) is 1. The Balaban J connectivity index is 1.71. The third kappa shape index (κ3) is 4.16. The molecule has 0 radical (unpaired) electrons. The van der Waals surface area contributed by atoms with Crippen LogP contribution in [0.2, 0.25) is 0 Å². The van der Waals surface area contributed by atoms with Gasteiger partial charge in [0.1, 0.15) is 6.61 Å². The Kier molecular flexibility index (Phi) is 5.60. The quantitative estimate of drug-likeness (QED) is 0.629. The van der Waals surface area contributed by atoms with Gasteiger partial charge in [-0.1, -0.05) is 6.92 Å². The minimum atomic E-state index is -0.384. The number of primary amides is 1. The van der Waals surface area contributed by atoms with Gasteiger partial charge in [0.05, 0.1) is 6.61 Å². The fourth-order valence-electron chi connectivity index (χ4n) is 3.50. The second kappa shape index (κ2) is 7.22. The molecule has 2 aliphatic heterocycles. The van der Waals surface area contributed by atoms with Gasteiger partial charge in [-0.15, -0.1) is 0 Å². The molecule has 0 spiro atoms. The van der Waals surface area contributed by atoms with Crippen molar-refractivity contribution in [1.82, 2.24) is 10.2 Å². The maximum Gasteiger partial charge on any atom is 0.243 e. The molecule has 2 heterocycles. The maximum atomic E-state index is 10.6. The van der Waals surface area contributed by atoms with Crippen LogP contribution in [0.25, 0.3) is 0 Å². The summed E-state index contributed by atoms with van der Waals surface area (Å²) in [6, 6.07) is 2.09. The molecule has 2 unspecified atom stereocenters. The second-order valence-electron chi connectivity index (χ2n) is 5.76. The zero-order chi connectivity index (χ0) is 13.7. The summed E-state index contributed by atoms with van der Waals surface area (Å²) in [5.74, 6) is -0.384. The molecule has 2 aliphatic rings. The van der Waals surface area contributed by atoms with Crippen LogP contribution in [0.3, 0.4) is 0 Å². The summed E-state index contributed by atoms with van der Waals surface area (Å²) in [5.41, 5.74) is 5.06. The molecule has 2 saturated heterocycles. The number of nitrogens with one attached hydrogen (secondary N) is 1. The van der Waals surface area contributed by atoms with Crippen LogP contribution in [0.5, 0.6) is 0 Å². The van der Waals surface area contributed by atoms with Gasteiger partial charge in [0, 0.05) is 24.7 Å². The van der Waals surface area contributed by atoms with Gasteiger partial charge in [-0.25, -0.2) is 0 Å². The average molecular weight is 269 g/mol. The molecular formula is C14H27N3O2. The van der Waals surface area contributed by atoms with Gasteiger partial charge in [0.25, 0.3) is 0 Å². The Morgan fingerprint density at radius 1 is 1.37 bits per heavy atom. The van der Waals surface area contributed by atoms with E-state index in [0.29, 0.717) is 24.7 Å². The van der Waals surface area contributed by atoms with Crippen molar-refractivity contribution >= 4 is 5.91 Å². The fraction of sp³-hybridized carbons (Fsp3) is 0.929. The molecule has 0 aromatic rings. The van der Waals surface area contributed by atoms with E-state index in [1.54, 1.807) is 0 Å². The molecule has 3 N–H and O–H groups in total. The van der Waals surface area contributed by atoms with Crippen molar-refractivity contribution in [2.75, 3.05) is 26.3 Å². The van der Waals surface area contributed by atoms with Crippen LogP contribution in [-0.4, -0.2) is 55.2 Å². The standard InChI is InChI=1S/C14H27N3O2/c1-2-5-16-11-8-12-3-4-13(9-11)17(12)6-7-19-10-14(15)18/h11-13,16H,2-10H2,1H3,(H2,15,18). The Morgan fingerprint density at radius 3 is 2.63 bits per heavy atom. The van der Waals surface area contributed by atoms with Gasteiger partial charge in [-0.3, -0.25) is 9.69 Å². The summed E-state index contributed by atoms with van der Waals surface area (Å²) in [4.78, 5) is 13.2. The number of fused-ring (bicyclic) bond motifs is 2. The Morgan fingerprint density at radius 2 is 2.05 bits per heavy atom. The molecule has 110 valence electrons. The van der Waals surface area contributed by atoms with E-state index in [-0.39, 0.29) is 12.5 Å². The molecule has 5 heteroatoms. The van der Waals surface area contributed by atoms with E-state index >= 15 is 0 Å². The summed E-state index contributed by atoms with van der Waals surface area (Å²) in [6.45, 7) is 4.94. The summed E-state index contributed by atoms with van der Waals surface area (Å²) in [6.07, 6.45) is 6.34. The molecule has 2 fully saturated rings. The lowest BCUT2D eigenvalue weighted by atomic mass is 9.97. The van der Waals surface area contributed by atoms with Crippen molar-refractivity contribution in [1.29, 1.82) is 0 Å². The number of rotatable bonds is 8. The van der Waals surface area contributed by atoms with Crippen molar-refractivity contribution < 1.29 is 9.53 Å². The molecule has 2 bridgehead atoms. The Labute approximate surface area is 115 Å². The number of hydrogen-bond acceptors (Lipinski definition) is 4. The zero-order valence-corrected chi connectivity index (χ0v) is 11.9. The lowest BCUT2D eigenvalue weighted by molar-refractivity contribution is -0.122. The molecule has 2 atom stereocenters. The van der Waals surface area contributed by atoms with Gasteiger partial charge in [0.15, 0.2) is 0 Å². The van der Waals surface area contributed by atoms with Crippen molar-refractivity contribution in [2.45, 2.75) is 57.2 Å². The van der Waals surface area contributed by atoms with Crippen molar-refractivity contribution in [3.8, 4) is 0 Å². The summed E-state index contributed by atoms with van der Waals surface area (Å²) >= 11 is 0. The molecule has 19 heavy (non-hydrogen) atoms. The molecular weight excluding hydrogens is 242 g/mol. The van der Waals surface area contributed by atoms with Crippen LogP contribution in [0, 0.1) is 0 Å². The third-order valence-corrected chi connectivity index (χ3v) is 4.31. The predicted molar refractivity (Wildman–Crippen MR) is 74.8 cm³/mol. The highest BCUT2D eigenvalue weighted by molar-refractivity contribution is 5.74. The van der Waals surface area contributed by atoms with E-state index in [9.17, 15) is 4.79 Å². The largest absolute Gasteiger partial charge is 0.370 e. The highest BCUT2D eigenvalue weighted by Crippen LogP contribution is 2.35. The number of nitrogens with zero attached hydrogens (tertiary/aromatic N) is 1. The van der Waals surface area contributed by atoms with Gasteiger partial charge in [-0.2, -0.15) is 0 Å². The summed E-state index contributed by atoms with van der Waals surface area (Å²) in [5, 5.41) is 3.66. The first kappa shape index (κ1) is 14.8. The minimum absolute atomic E-state index is 0.0455.